The molecule has 96 valence electrons. The van der Waals surface area contributed by atoms with E-state index in [9.17, 15) is 0 Å². The number of benzene rings is 1. The molecule has 2 rings (SSSR count). The summed E-state index contributed by atoms with van der Waals surface area (Å²) in [5.74, 6) is 1.25. The molecule has 5 nitrogen and oxygen atoms in total. The van der Waals surface area contributed by atoms with E-state index < -0.39 is 0 Å². The number of para-hydroxylation sites is 1. The molecule has 18 heavy (non-hydrogen) atoms. The van der Waals surface area contributed by atoms with Gasteiger partial charge in [-0.05, 0) is 35.4 Å². The third kappa shape index (κ3) is 2.20. The van der Waals surface area contributed by atoms with Crippen molar-refractivity contribution in [3.63, 3.8) is 0 Å². The molecule has 5 heteroatoms. The van der Waals surface area contributed by atoms with E-state index in [2.05, 4.69) is 36.3 Å². The Hall–Kier alpha value is -1.91. The molecule has 0 radical (unpaired) electrons. The highest BCUT2D eigenvalue weighted by Crippen LogP contribution is 2.28. The lowest BCUT2D eigenvalue weighted by Gasteiger charge is -2.19. The van der Waals surface area contributed by atoms with Gasteiger partial charge in [0.15, 0.2) is 5.82 Å². The highest BCUT2D eigenvalue weighted by atomic mass is 15.5. The number of tetrazole rings is 1. The number of nitrogens with zero attached hydrogens (tertiary/aromatic N) is 4. The zero-order chi connectivity index (χ0) is 13.1. The monoisotopic (exact) mass is 245 g/mol. The normalized spacial score (nSPS) is 14.4. The molecule has 0 saturated heterocycles. The Kier molecular flexibility index (Phi) is 3.60. The maximum absolute atomic E-state index is 5.98. The zero-order valence-corrected chi connectivity index (χ0v) is 11.0. The molecular weight excluding hydrogens is 226 g/mol. The molecule has 1 aromatic carbocycles. The van der Waals surface area contributed by atoms with Crippen LogP contribution >= 0.6 is 0 Å². The summed E-state index contributed by atoms with van der Waals surface area (Å²) in [7, 11) is 0. The van der Waals surface area contributed by atoms with Crippen molar-refractivity contribution >= 4 is 5.69 Å². The molecule has 0 saturated carbocycles. The van der Waals surface area contributed by atoms with Gasteiger partial charge in [-0.2, -0.15) is 0 Å². The van der Waals surface area contributed by atoms with Crippen LogP contribution in [0.3, 0.4) is 0 Å². The second-order valence-corrected chi connectivity index (χ2v) is 4.66. The van der Waals surface area contributed by atoms with Crippen LogP contribution in [0.2, 0.25) is 0 Å². The van der Waals surface area contributed by atoms with Crippen LogP contribution in [0.5, 0.6) is 0 Å². The molecular formula is C13H19N5. The van der Waals surface area contributed by atoms with Crippen molar-refractivity contribution in [1.29, 1.82) is 0 Å². The van der Waals surface area contributed by atoms with Gasteiger partial charge in [-0.1, -0.05) is 32.4 Å². The van der Waals surface area contributed by atoms with Crippen LogP contribution in [-0.4, -0.2) is 20.2 Å². The topological polar surface area (TPSA) is 69.6 Å². The molecule has 2 unspecified atom stereocenters. The fraction of sp³-hybridized carbons (Fsp3) is 0.462. The van der Waals surface area contributed by atoms with E-state index in [1.807, 2.05) is 28.9 Å². The summed E-state index contributed by atoms with van der Waals surface area (Å²) in [6, 6.07) is 7.91. The van der Waals surface area contributed by atoms with Gasteiger partial charge in [-0.15, -0.1) is 5.10 Å². The first-order valence-electron chi connectivity index (χ1n) is 6.27. The Morgan fingerprint density at radius 2 is 2.00 bits per heavy atom. The molecule has 0 amide bonds. The molecule has 2 aromatic rings. The summed E-state index contributed by atoms with van der Waals surface area (Å²) in [4.78, 5) is 0. The number of aromatic nitrogens is 4. The summed E-state index contributed by atoms with van der Waals surface area (Å²) in [5, 5.41) is 12.0. The van der Waals surface area contributed by atoms with Crippen LogP contribution in [0.4, 0.5) is 5.69 Å². The van der Waals surface area contributed by atoms with E-state index in [0.29, 0.717) is 11.6 Å². The lowest BCUT2D eigenvalue weighted by molar-refractivity contribution is 0.340. The highest BCUT2D eigenvalue weighted by Gasteiger charge is 2.19. The fourth-order valence-corrected chi connectivity index (χ4v) is 1.93. The van der Waals surface area contributed by atoms with Gasteiger partial charge in [-0.3, -0.25) is 0 Å². The Morgan fingerprint density at radius 3 is 2.67 bits per heavy atom. The fourth-order valence-electron chi connectivity index (χ4n) is 1.93. The van der Waals surface area contributed by atoms with Gasteiger partial charge >= 0.3 is 0 Å². The van der Waals surface area contributed by atoms with Crippen LogP contribution in [0.25, 0.3) is 11.4 Å². The van der Waals surface area contributed by atoms with Crippen molar-refractivity contribution in [3.8, 4) is 11.4 Å². The van der Waals surface area contributed by atoms with E-state index in [1.54, 1.807) is 0 Å². The lowest BCUT2D eigenvalue weighted by Crippen LogP contribution is -2.16. The minimum absolute atomic E-state index is 0.250. The predicted octanol–water partition coefficient (Wildman–Crippen LogP) is 2.53. The third-order valence-electron chi connectivity index (χ3n) is 3.55. The maximum Gasteiger partial charge on any atom is 0.184 e. The van der Waals surface area contributed by atoms with Crippen LogP contribution in [0.15, 0.2) is 24.3 Å². The third-order valence-corrected chi connectivity index (χ3v) is 3.55. The van der Waals surface area contributed by atoms with Crippen molar-refractivity contribution in [2.75, 3.05) is 5.73 Å². The number of hydrogen-bond acceptors (Lipinski definition) is 4. The van der Waals surface area contributed by atoms with Crippen LogP contribution < -0.4 is 5.73 Å². The Labute approximate surface area is 107 Å². The molecule has 0 fully saturated rings. The van der Waals surface area contributed by atoms with Gasteiger partial charge in [0.25, 0.3) is 0 Å². The number of rotatable bonds is 4. The number of hydrogen-bond donors (Lipinski definition) is 1. The quantitative estimate of drug-likeness (QED) is 0.840. The average molecular weight is 245 g/mol. The maximum atomic E-state index is 5.98. The van der Waals surface area contributed by atoms with E-state index in [0.717, 1.165) is 17.8 Å². The van der Waals surface area contributed by atoms with E-state index in [-0.39, 0.29) is 6.04 Å². The van der Waals surface area contributed by atoms with Crippen molar-refractivity contribution in [2.24, 2.45) is 5.92 Å². The molecule has 1 heterocycles. The number of anilines is 1. The molecule has 0 spiro atoms. The summed E-state index contributed by atoms with van der Waals surface area (Å²) in [5.41, 5.74) is 7.57. The smallest absolute Gasteiger partial charge is 0.184 e. The molecule has 2 atom stereocenters. The van der Waals surface area contributed by atoms with E-state index in [1.165, 1.54) is 0 Å². The van der Waals surface area contributed by atoms with E-state index >= 15 is 0 Å². The highest BCUT2D eigenvalue weighted by molar-refractivity contribution is 5.71. The zero-order valence-electron chi connectivity index (χ0n) is 11.0. The second kappa shape index (κ2) is 5.16. The standard InChI is InChI=1S/C13H19N5/c1-4-9(2)10(3)18-13(15-16-17-18)11-7-5-6-8-12(11)14/h5-10H,4,14H2,1-3H3. The first-order chi connectivity index (χ1) is 8.65. The van der Waals surface area contributed by atoms with Gasteiger partial charge in [-0.25, -0.2) is 4.68 Å². The largest absolute Gasteiger partial charge is 0.398 e. The lowest BCUT2D eigenvalue weighted by atomic mass is 10.0. The van der Waals surface area contributed by atoms with Gasteiger partial charge in [0.2, 0.25) is 0 Å². The first kappa shape index (κ1) is 12.5. The molecule has 0 aliphatic rings. The predicted molar refractivity (Wildman–Crippen MR) is 71.8 cm³/mol. The van der Waals surface area contributed by atoms with Gasteiger partial charge in [0.05, 0.1) is 6.04 Å². The van der Waals surface area contributed by atoms with Crippen molar-refractivity contribution in [2.45, 2.75) is 33.2 Å². The molecule has 0 aliphatic heterocycles. The van der Waals surface area contributed by atoms with Crippen molar-refractivity contribution in [3.05, 3.63) is 24.3 Å². The second-order valence-electron chi connectivity index (χ2n) is 4.66. The number of nitrogen functional groups attached to an aromatic ring is 1. The van der Waals surface area contributed by atoms with Crippen LogP contribution in [0, 0.1) is 5.92 Å². The van der Waals surface area contributed by atoms with Crippen LogP contribution in [0.1, 0.15) is 33.2 Å². The van der Waals surface area contributed by atoms with E-state index in [4.69, 9.17) is 5.73 Å². The summed E-state index contributed by atoms with van der Waals surface area (Å²) < 4.78 is 1.86. The number of nitrogens with two attached hydrogens (primary N) is 1. The van der Waals surface area contributed by atoms with Crippen molar-refractivity contribution in [1.82, 2.24) is 20.2 Å². The van der Waals surface area contributed by atoms with Gasteiger partial charge < -0.3 is 5.73 Å². The molecule has 2 N–H and O–H groups in total. The summed E-state index contributed by atoms with van der Waals surface area (Å²) in [6.07, 6.45) is 1.09. The Morgan fingerprint density at radius 1 is 1.28 bits per heavy atom. The van der Waals surface area contributed by atoms with Gasteiger partial charge in [0, 0.05) is 11.3 Å². The minimum Gasteiger partial charge on any atom is -0.398 e. The van der Waals surface area contributed by atoms with Crippen molar-refractivity contribution < 1.29 is 0 Å². The first-order valence-corrected chi connectivity index (χ1v) is 6.27. The molecule has 0 aliphatic carbocycles. The summed E-state index contributed by atoms with van der Waals surface area (Å²) >= 11 is 0. The SMILES string of the molecule is CCC(C)C(C)n1nnnc1-c1ccccc1N. The van der Waals surface area contributed by atoms with Crippen LogP contribution in [-0.2, 0) is 0 Å². The average Bonchev–Trinajstić information content (AvgIpc) is 2.86. The summed E-state index contributed by atoms with van der Waals surface area (Å²) in [6.45, 7) is 6.50. The minimum atomic E-state index is 0.250. The van der Waals surface area contributed by atoms with Gasteiger partial charge in [0.1, 0.15) is 0 Å². The molecule has 0 bridgehead atoms. The Balaban J connectivity index is 2.42. The Bertz CT molecular complexity index is 520. The molecule has 1 aromatic heterocycles.